The molecule has 1 aromatic rings. The van der Waals surface area contributed by atoms with Gasteiger partial charge >= 0.3 is 7.82 Å². The number of nitrogens with one attached hydrogen (secondary N) is 1. The number of oxazole rings is 1. The summed E-state index contributed by atoms with van der Waals surface area (Å²) < 4.78 is 48.2. The van der Waals surface area contributed by atoms with E-state index in [1.165, 1.54) is 26.6 Å². The van der Waals surface area contributed by atoms with E-state index in [9.17, 15) is 44.7 Å². The first-order valence-corrected chi connectivity index (χ1v) is 25.8. The summed E-state index contributed by atoms with van der Waals surface area (Å²) in [5.74, 6) is -1.89. The van der Waals surface area contributed by atoms with Crippen molar-refractivity contribution < 1.29 is 72.6 Å². The molecule has 0 unspecified atom stereocenters. The average Bonchev–Trinajstić information content (AvgIpc) is 3.78. The molecule has 0 aliphatic carbocycles. The molecule has 15 atom stereocenters. The van der Waals surface area contributed by atoms with E-state index in [2.05, 4.69) is 10.3 Å². The molecule has 1 amide bonds. The van der Waals surface area contributed by atoms with Crippen molar-refractivity contribution in [1.29, 1.82) is 5.26 Å². The number of hydrogen-bond acceptors (Lipinski definition) is 16. The molecule has 19 nitrogen and oxygen atoms in total. The number of carbonyl (C=O) groups excluding carboxylic acids is 1. The number of carbonyl (C=O) groups is 1. The first-order chi connectivity index (χ1) is 33.1. The fourth-order valence-corrected chi connectivity index (χ4v) is 9.91. The minimum atomic E-state index is -5.17. The molecular formula is C51H83N4O15P. The molecule has 1 aromatic heterocycles. The van der Waals surface area contributed by atoms with Gasteiger partial charge < -0.3 is 68.9 Å². The molecule has 8 N–H and O–H groups in total. The molecule has 20 heteroatoms. The van der Waals surface area contributed by atoms with Crippen LogP contribution < -0.4 is 5.32 Å². The minimum Gasteiger partial charge on any atom is -0.448 e. The zero-order chi connectivity index (χ0) is 53.6. The Labute approximate surface area is 420 Å². The molecule has 3 heterocycles. The van der Waals surface area contributed by atoms with Crippen LogP contribution in [0.3, 0.4) is 0 Å². The number of aromatic nitrogens is 1. The third kappa shape index (κ3) is 17.1. The van der Waals surface area contributed by atoms with Gasteiger partial charge in [-0.3, -0.25) is 9.32 Å². The number of amides is 1. The van der Waals surface area contributed by atoms with Gasteiger partial charge in [0.15, 0.2) is 12.0 Å². The Kier molecular flexibility index (Phi) is 24.2. The summed E-state index contributed by atoms with van der Waals surface area (Å²) in [5, 5.41) is 67.1. The van der Waals surface area contributed by atoms with E-state index in [4.69, 9.17) is 33.2 Å². The SMILES string of the molecule is COC[C@H]([C@@H](O)[C@@H](O)C(=O)NCC[C@@H](C)c1nc(/C=C/C[C@H]2O[C@]3(CO[C@@H]([C@@H](C[C@@H](O)[C@@H](C)[C@@H](O)[C@@H](C)/C=C(C)/C(C)=C/C=C/C(C)=C/C#N)OC)[C@@H](OP(=O)(O)O)C3(C)C)C[C@H](O)[C@H]2C)co1)N(C)C. The molecule has 71 heavy (non-hydrogen) atoms. The van der Waals surface area contributed by atoms with Crippen molar-refractivity contribution in [2.45, 2.75) is 160 Å². The van der Waals surface area contributed by atoms with Crippen LogP contribution in [0.15, 0.2) is 63.9 Å². The molecule has 3 rings (SSSR count). The predicted molar refractivity (Wildman–Crippen MR) is 267 cm³/mol. The van der Waals surface area contributed by atoms with Crippen LogP contribution in [-0.2, 0) is 32.8 Å². The Balaban J connectivity index is 1.72. The van der Waals surface area contributed by atoms with Crippen molar-refractivity contribution in [3.8, 4) is 6.07 Å². The van der Waals surface area contributed by atoms with Crippen molar-refractivity contribution >= 4 is 19.8 Å². The molecule has 0 bridgehead atoms. The monoisotopic (exact) mass is 1020 g/mol. The number of aliphatic hydroxyl groups is 5. The normalized spacial score (nSPS) is 27.5. The maximum atomic E-state index is 12.7. The predicted octanol–water partition coefficient (Wildman–Crippen LogP) is 4.73. The third-order valence-corrected chi connectivity index (χ3v) is 15.0. The van der Waals surface area contributed by atoms with Gasteiger partial charge in [-0.1, -0.05) is 77.5 Å². The molecule has 0 aromatic carbocycles. The lowest BCUT2D eigenvalue weighted by molar-refractivity contribution is -0.317. The molecule has 402 valence electrons. The summed E-state index contributed by atoms with van der Waals surface area (Å²) in [5.41, 5.74) is 0.698. The van der Waals surface area contributed by atoms with Crippen LogP contribution in [0.25, 0.3) is 6.08 Å². The zero-order valence-electron chi connectivity index (χ0n) is 43.8. The standard InChI is InChI=1S/C51H83N4O15P/c1-30(20-22-52)16-14-17-31(2)33(4)24-34(5)43(58)36(7)39(56)25-42(66-13)46-47(70-71(62,63)64)50(8,9)51(29-68-46)26-40(57)35(6)41(69-51)19-15-18-37-27-67-49(54-37)32(3)21-23-53-48(61)45(60)44(59)38(28-65-12)55(10)11/h14-18,20,24,27,32,34-36,38-47,56-60H,19,21,23,25-26,28-29H2,1-13H3,(H,53,61)(H2,62,63,64)/b16-14+,18-15+,30-20+,31-17+,33-24+/t32-,34+,35-,36-,38-,39-,40+,41-,42-,43+,44-,45-,46+,47-,51+/m1/s1. The maximum absolute atomic E-state index is 12.7. The fourth-order valence-electron chi connectivity index (χ4n) is 9.23. The van der Waals surface area contributed by atoms with Gasteiger partial charge in [0, 0.05) is 68.8 Å². The number of methoxy groups -OCH3 is 2. The Morgan fingerprint density at radius 1 is 1.10 bits per heavy atom. The summed E-state index contributed by atoms with van der Waals surface area (Å²) >= 11 is 0. The quantitative estimate of drug-likeness (QED) is 0.0354. The summed E-state index contributed by atoms with van der Waals surface area (Å²) in [6, 6.07) is 1.40. The Morgan fingerprint density at radius 2 is 1.77 bits per heavy atom. The fraction of sp³-hybridized carbons (Fsp3) is 0.706. The van der Waals surface area contributed by atoms with E-state index < -0.39 is 91.6 Å². The van der Waals surface area contributed by atoms with E-state index in [0.29, 0.717) is 24.4 Å². The van der Waals surface area contributed by atoms with Gasteiger partial charge in [-0.2, -0.15) is 5.26 Å². The largest absolute Gasteiger partial charge is 0.469 e. The van der Waals surface area contributed by atoms with Gasteiger partial charge in [0.1, 0.15) is 35.9 Å². The van der Waals surface area contributed by atoms with Crippen molar-refractivity contribution in [1.82, 2.24) is 15.2 Å². The van der Waals surface area contributed by atoms with Crippen molar-refractivity contribution in [2.75, 3.05) is 48.1 Å². The Hall–Kier alpha value is -3.42. The lowest BCUT2D eigenvalue weighted by Gasteiger charge is -2.60. The second-order valence-electron chi connectivity index (χ2n) is 20.3. The molecule has 2 aliphatic rings. The van der Waals surface area contributed by atoms with Crippen LogP contribution in [0, 0.1) is 34.5 Å². The highest BCUT2D eigenvalue weighted by Gasteiger charge is 2.63. The van der Waals surface area contributed by atoms with Crippen molar-refractivity contribution in [2.24, 2.45) is 23.2 Å². The van der Waals surface area contributed by atoms with E-state index in [1.807, 2.05) is 78.0 Å². The van der Waals surface area contributed by atoms with Crippen LogP contribution in [0.2, 0.25) is 0 Å². The lowest BCUT2D eigenvalue weighted by Crippen LogP contribution is -2.70. The number of likely N-dealkylation sites (N-methyl/N-ethyl adjacent to an activating group) is 1. The first-order valence-electron chi connectivity index (χ1n) is 24.3. The van der Waals surface area contributed by atoms with Gasteiger partial charge in [-0.25, -0.2) is 9.55 Å². The number of aliphatic hydroxyl groups excluding tert-OH is 5. The zero-order valence-corrected chi connectivity index (χ0v) is 44.7. The number of nitrogens with zero attached hydrogens (tertiary/aromatic N) is 3. The summed E-state index contributed by atoms with van der Waals surface area (Å²) in [6.45, 7) is 16.7. The van der Waals surface area contributed by atoms with Crippen molar-refractivity contribution in [3.63, 3.8) is 0 Å². The summed E-state index contributed by atoms with van der Waals surface area (Å²) in [7, 11) is 1.13. The summed E-state index contributed by atoms with van der Waals surface area (Å²) in [6.07, 6.45) is 4.75. The number of allylic oxidation sites excluding steroid dienone is 7. The topological polar surface area (TPSA) is 287 Å². The van der Waals surface area contributed by atoms with E-state index in [-0.39, 0.29) is 50.4 Å². The Morgan fingerprint density at radius 3 is 2.38 bits per heavy atom. The van der Waals surface area contributed by atoms with Gasteiger partial charge in [-0.15, -0.1) is 0 Å². The second kappa shape index (κ2) is 27.8. The highest BCUT2D eigenvalue weighted by molar-refractivity contribution is 7.46. The maximum Gasteiger partial charge on any atom is 0.469 e. The number of phosphoric acid groups is 1. The van der Waals surface area contributed by atoms with Gasteiger partial charge in [0.25, 0.3) is 5.91 Å². The highest BCUT2D eigenvalue weighted by Crippen LogP contribution is 2.55. The molecule has 2 saturated heterocycles. The molecule has 2 fully saturated rings. The Bertz CT molecular complexity index is 2090. The number of ether oxygens (including phenoxy) is 4. The van der Waals surface area contributed by atoms with E-state index in [0.717, 1.165) is 16.7 Å². The average molecular weight is 1020 g/mol. The smallest absolute Gasteiger partial charge is 0.448 e. The molecule has 1 spiro atoms. The lowest BCUT2D eigenvalue weighted by atomic mass is 9.62. The first kappa shape index (κ1) is 61.9. The number of nitriles is 1. The van der Waals surface area contributed by atoms with Crippen LogP contribution in [0.1, 0.15) is 105 Å². The van der Waals surface area contributed by atoms with Gasteiger partial charge in [0.05, 0.1) is 55.8 Å². The molecule has 0 radical (unpaired) electrons. The number of hydrogen-bond donors (Lipinski definition) is 8. The van der Waals surface area contributed by atoms with E-state index in [1.54, 1.807) is 45.8 Å². The molecular weight excluding hydrogens is 940 g/mol. The number of phosphoric ester groups is 1. The van der Waals surface area contributed by atoms with Crippen LogP contribution in [0.4, 0.5) is 0 Å². The van der Waals surface area contributed by atoms with Crippen LogP contribution in [0.5, 0.6) is 0 Å². The minimum absolute atomic E-state index is 0.0707. The third-order valence-electron chi connectivity index (χ3n) is 14.5. The van der Waals surface area contributed by atoms with Gasteiger partial charge in [-0.05, 0) is 64.9 Å². The van der Waals surface area contributed by atoms with Crippen molar-refractivity contribution in [3.05, 3.63) is 71.0 Å². The van der Waals surface area contributed by atoms with Gasteiger partial charge in [0.2, 0.25) is 0 Å². The highest BCUT2D eigenvalue weighted by atomic mass is 31.2. The molecule has 0 saturated carbocycles. The summed E-state index contributed by atoms with van der Waals surface area (Å²) in [4.78, 5) is 39.4. The van der Waals surface area contributed by atoms with Crippen LogP contribution >= 0.6 is 7.82 Å². The van der Waals surface area contributed by atoms with Crippen LogP contribution in [-0.4, -0.2) is 166 Å². The molecule has 2 aliphatic heterocycles. The number of rotatable bonds is 26. The second-order valence-corrected chi connectivity index (χ2v) is 21.5. The van der Waals surface area contributed by atoms with E-state index >= 15 is 0 Å².